The van der Waals surface area contributed by atoms with E-state index in [1.165, 1.54) is 0 Å². The second kappa shape index (κ2) is 7.30. The SMILES string of the molecule is CCOc1ccc(CC(=O)Nc2ccc3nc(C)c(C)nc3c2)cc1. The first-order valence-corrected chi connectivity index (χ1v) is 8.31. The molecule has 25 heavy (non-hydrogen) atoms. The van der Waals surface area contributed by atoms with Gasteiger partial charge in [0, 0.05) is 5.69 Å². The van der Waals surface area contributed by atoms with E-state index in [-0.39, 0.29) is 5.91 Å². The van der Waals surface area contributed by atoms with Crippen LogP contribution in [0.25, 0.3) is 11.0 Å². The van der Waals surface area contributed by atoms with Crippen molar-refractivity contribution in [2.75, 3.05) is 11.9 Å². The Hall–Kier alpha value is -2.95. The van der Waals surface area contributed by atoms with Crippen LogP contribution in [0.15, 0.2) is 42.5 Å². The molecule has 1 N–H and O–H groups in total. The first kappa shape index (κ1) is 16.9. The van der Waals surface area contributed by atoms with Gasteiger partial charge in [-0.05, 0) is 56.7 Å². The van der Waals surface area contributed by atoms with Gasteiger partial charge in [-0.1, -0.05) is 12.1 Å². The van der Waals surface area contributed by atoms with Crippen LogP contribution in [0, 0.1) is 13.8 Å². The van der Waals surface area contributed by atoms with Crippen molar-refractivity contribution in [1.29, 1.82) is 0 Å². The summed E-state index contributed by atoms with van der Waals surface area (Å²) in [4.78, 5) is 21.3. The molecule has 0 unspecified atom stereocenters. The van der Waals surface area contributed by atoms with E-state index in [0.29, 0.717) is 13.0 Å². The molecule has 0 spiro atoms. The summed E-state index contributed by atoms with van der Waals surface area (Å²) in [5.41, 5.74) is 5.08. The third-order valence-electron chi connectivity index (χ3n) is 3.96. The van der Waals surface area contributed by atoms with Crippen molar-refractivity contribution in [2.45, 2.75) is 27.2 Å². The van der Waals surface area contributed by atoms with Gasteiger partial charge in [-0.15, -0.1) is 0 Å². The Labute approximate surface area is 147 Å². The molecule has 0 saturated heterocycles. The van der Waals surface area contributed by atoms with Crippen LogP contribution in [0.4, 0.5) is 5.69 Å². The number of hydrogen-bond donors (Lipinski definition) is 1. The summed E-state index contributed by atoms with van der Waals surface area (Å²) >= 11 is 0. The Bertz CT molecular complexity index is 905. The van der Waals surface area contributed by atoms with Crippen LogP contribution in [0.2, 0.25) is 0 Å². The van der Waals surface area contributed by atoms with E-state index in [1.807, 2.05) is 63.2 Å². The minimum atomic E-state index is -0.0692. The number of rotatable bonds is 5. The topological polar surface area (TPSA) is 64.1 Å². The first-order chi connectivity index (χ1) is 12.0. The maximum atomic E-state index is 12.3. The number of carbonyl (C=O) groups is 1. The molecule has 2 aromatic carbocycles. The van der Waals surface area contributed by atoms with Crippen LogP contribution < -0.4 is 10.1 Å². The number of nitrogens with one attached hydrogen (secondary N) is 1. The molecule has 1 heterocycles. The van der Waals surface area contributed by atoms with Crippen molar-refractivity contribution in [3.63, 3.8) is 0 Å². The Morgan fingerprint density at radius 3 is 2.36 bits per heavy atom. The van der Waals surface area contributed by atoms with Gasteiger partial charge in [0.25, 0.3) is 0 Å². The van der Waals surface area contributed by atoms with Crippen molar-refractivity contribution in [1.82, 2.24) is 9.97 Å². The Balaban J connectivity index is 1.70. The molecule has 3 aromatic rings. The maximum Gasteiger partial charge on any atom is 0.228 e. The molecule has 3 rings (SSSR count). The number of aromatic nitrogens is 2. The van der Waals surface area contributed by atoms with Gasteiger partial charge in [-0.2, -0.15) is 0 Å². The normalized spacial score (nSPS) is 10.7. The highest BCUT2D eigenvalue weighted by atomic mass is 16.5. The van der Waals surface area contributed by atoms with E-state index in [0.717, 1.165) is 39.4 Å². The third-order valence-corrected chi connectivity index (χ3v) is 3.96. The Morgan fingerprint density at radius 1 is 1.00 bits per heavy atom. The van der Waals surface area contributed by atoms with Crippen LogP contribution in [0.3, 0.4) is 0 Å². The third kappa shape index (κ3) is 4.12. The zero-order valence-corrected chi connectivity index (χ0v) is 14.7. The number of anilines is 1. The van der Waals surface area contributed by atoms with E-state index in [1.54, 1.807) is 0 Å². The Morgan fingerprint density at radius 2 is 1.68 bits per heavy atom. The molecule has 0 aliphatic heterocycles. The van der Waals surface area contributed by atoms with E-state index in [4.69, 9.17) is 4.74 Å². The molecule has 0 bridgehead atoms. The standard InChI is InChI=1S/C20H21N3O2/c1-4-25-17-8-5-15(6-9-17)11-20(24)23-16-7-10-18-19(12-16)22-14(3)13(2)21-18/h5-10,12H,4,11H2,1-3H3,(H,23,24). The maximum absolute atomic E-state index is 12.3. The van der Waals surface area contributed by atoms with Gasteiger partial charge < -0.3 is 10.1 Å². The van der Waals surface area contributed by atoms with Crippen molar-refractivity contribution in [2.24, 2.45) is 0 Å². The summed E-state index contributed by atoms with van der Waals surface area (Å²) in [6, 6.07) is 13.1. The summed E-state index contributed by atoms with van der Waals surface area (Å²) in [5, 5.41) is 2.92. The lowest BCUT2D eigenvalue weighted by Gasteiger charge is -2.08. The van der Waals surface area contributed by atoms with Gasteiger partial charge in [-0.25, -0.2) is 9.97 Å². The lowest BCUT2D eigenvalue weighted by Crippen LogP contribution is -2.14. The number of aryl methyl sites for hydroxylation is 2. The van der Waals surface area contributed by atoms with Crippen LogP contribution in [0.5, 0.6) is 5.75 Å². The van der Waals surface area contributed by atoms with Crippen LogP contribution >= 0.6 is 0 Å². The highest BCUT2D eigenvalue weighted by Crippen LogP contribution is 2.18. The molecule has 128 valence electrons. The van der Waals surface area contributed by atoms with Crippen LogP contribution in [0.1, 0.15) is 23.9 Å². The first-order valence-electron chi connectivity index (χ1n) is 8.31. The van der Waals surface area contributed by atoms with E-state index in [9.17, 15) is 4.79 Å². The van der Waals surface area contributed by atoms with Crippen molar-refractivity contribution in [3.05, 3.63) is 59.4 Å². The molecule has 0 fully saturated rings. The number of fused-ring (bicyclic) bond motifs is 1. The summed E-state index contributed by atoms with van der Waals surface area (Å²) in [5.74, 6) is 0.741. The van der Waals surface area contributed by atoms with Gasteiger partial charge >= 0.3 is 0 Å². The average molecular weight is 335 g/mol. The second-order valence-corrected chi connectivity index (χ2v) is 5.90. The van der Waals surface area contributed by atoms with Gasteiger partial charge in [0.05, 0.1) is 35.4 Å². The molecule has 0 saturated carbocycles. The summed E-state index contributed by atoms with van der Waals surface area (Å²) < 4.78 is 5.41. The van der Waals surface area contributed by atoms with Crippen molar-refractivity contribution >= 4 is 22.6 Å². The number of benzene rings is 2. The zero-order valence-electron chi connectivity index (χ0n) is 14.7. The number of nitrogens with zero attached hydrogens (tertiary/aromatic N) is 2. The predicted molar refractivity (Wildman–Crippen MR) is 99.0 cm³/mol. The molecular weight excluding hydrogens is 314 g/mol. The highest BCUT2D eigenvalue weighted by Gasteiger charge is 2.07. The fourth-order valence-electron chi connectivity index (χ4n) is 2.57. The molecule has 1 aromatic heterocycles. The van der Waals surface area contributed by atoms with Crippen molar-refractivity contribution < 1.29 is 9.53 Å². The lowest BCUT2D eigenvalue weighted by atomic mass is 10.1. The summed E-state index contributed by atoms with van der Waals surface area (Å²) in [6.45, 7) is 6.44. The largest absolute Gasteiger partial charge is 0.494 e. The number of hydrogen-bond acceptors (Lipinski definition) is 4. The van der Waals surface area contributed by atoms with E-state index < -0.39 is 0 Å². The van der Waals surface area contributed by atoms with E-state index >= 15 is 0 Å². The smallest absolute Gasteiger partial charge is 0.228 e. The number of carbonyl (C=O) groups excluding carboxylic acids is 1. The monoisotopic (exact) mass is 335 g/mol. The predicted octanol–water partition coefficient (Wildman–Crippen LogP) is 3.83. The number of amides is 1. The molecule has 0 atom stereocenters. The minimum absolute atomic E-state index is 0.0692. The molecule has 1 amide bonds. The average Bonchev–Trinajstić information content (AvgIpc) is 2.58. The van der Waals surface area contributed by atoms with Crippen LogP contribution in [-0.4, -0.2) is 22.5 Å². The molecule has 0 aliphatic carbocycles. The molecule has 0 aliphatic rings. The molecule has 5 heteroatoms. The highest BCUT2D eigenvalue weighted by molar-refractivity contribution is 5.94. The Kier molecular flexibility index (Phi) is 4.93. The summed E-state index contributed by atoms with van der Waals surface area (Å²) in [6.07, 6.45) is 0.309. The van der Waals surface area contributed by atoms with Gasteiger partial charge in [0.15, 0.2) is 0 Å². The molecular formula is C20H21N3O2. The molecule has 0 radical (unpaired) electrons. The number of ether oxygens (including phenoxy) is 1. The second-order valence-electron chi connectivity index (χ2n) is 5.90. The van der Waals surface area contributed by atoms with Gasteiger partial charge in [0.1, 0.15) is 5.75 Å². The lowest BCUT2D eigenvalue weighted by molar-refractivity contribution is -0.115. The molecule has 5 nitrogen and oxygen atoms in total. The fraction of sp³-hybridized carbons (Fsp3) is 0.250. The zero-order chi connectivity index (χ0) is 17.8. The summed E-state index contributed by atoms with van der Waals surface area (Å²) in [7, 11) is 0. The van der Waals surface area contributed by atoms with Gasteiger partial charge in [-0.3, -0.25) is 4.79 Å². The van der Waals surface area contributed by atoms with E-state index in [2.05, 4.69) is 15.3 Å². The van der Waals surface area contributed by atoms with Gasteiger partial charge in [0.2, 0.25) is 5.91 Å². The van der Waals surface area contributed by atoms with Crippen LogP contribution in [-0.2, 0) is 11.2 Å². The van der Waals surface area contributed by atoms with Crippen molar-refractivity contribution in [3.8, 4) is 5.75 Å². The minimum Gasteiger partial charge on any atom is -0.494 e. The quantitative estimate of drug-likeness (QED) is 0.770. The fourth-order valence-corrected chi connectivity index (χ4v) is 2.57.